The number of hydrogen-bond acceptors (Lipinski definition) is 9. The molecule has 0 radical (unpaired) electrons. The van der Waals surface area contributed by atoms with Gasteiger partial charge in [0.25, 0.3) is 5.91 Å². The highest BCUT2D eigenvalue weighted by atomic mass is 32.1. The van der Waals surface area contributed by atoms with E-state index >= 15 is 0 Å². The van der Waals surface area contributed by atoms with E-state index in [1.54, 1.807) is 6.92 Å². The highest BCUT2D eigenvalue weighted by Gasteiger charge is 2.29. The van der Waals surface area contributed by atoms with E-state index in [4.69, 9.17) is 15.2 Å². The van der Waals surface area contributed by atoms with E-state index < -0.39 is 24.5 Å². The molecule has 8 nitrogen and oxygen atoms in total. The maximum absolute atomic E-state index is 12.6. The summed E-state index contributed by atoms with van der Waals surface area (Å²) in [7, 11) is 0. The van der Waals surface area contributed by atoms with Crippen LogP contribution in [0.1, 0.15) is 51.5 Å². The van der Waals surface area contributed by atoms with Gasteiger partial charge in [0.15, 0.2) is 11.7 Å². The van der Waals surface area contributed by atoms with Crippen LogP contribution < -0.4 is 11.1 Å². The molecule has 0 saturated carbocycles. The summed E-state index contributed by atoms with van der Waals surface area (Å²) in [6.07, 6.45) is 2.56. The largest absolute Gasteiger partial charge is 0.462 e. The summed E-state index contributed by atoms with van der Waals surface area (Å²) in [6.45, 7) is 5.69. The molecule has 0 spiro atoms. The highest BCUT2D eigenvalue weighted by Crippen LogP contribution is 2.40. The molecule has 4 rings (SSSR count). The first-order valence-electron chi connectivity index (χ1n) is 11.8. The SMILES string of the molecule is CCOC(=O)c1c(NC(=O)COC(=O)Cc2sc(N)nc2-c2ccc(C)cc2)sc2c1CCC(C)C2. The van der Waals surface area contributed by atoms with Crippen molar-refractivity contribution in [2.45, 2.75) is 46.5 Å². The molecule has 1 aliphatic carbocycles. The number of thiazole rings is 1. The Balaban J connectivity index is 1.41. The van der Waals surface area contributed by atoms with Crippen LogP contribution in [0.4, 0.5) is 10.1 Å². The number of anilines is 2. The zero-order valence-electron chi connectivity index (χ0n) is 20.5. The molecule has 1 atom stereocenters. The van der Waals surface area contributed by atoms with Crippen LogP contribution in [-0.2, 0) is 38.3 Å². The number of amides is 1. The molecule has 2 heterocycles. The number of aryl methyl sites for hydroxylation is 1. The second-order valence-electron chi connectivity index (χ2n) is 8.85. The van der Waals surface area contributed by atoms with Crippen molar-refractivity contribution in [3.63, 3.8) is 0 Å². The zero-order valence-corrected chi connectivity index (χ0v) is 22.1. The van der Waals surface area contributed by atoms with Gasteiger partial charge in [-0.3, -0.25) is 9.59 Å². The number of nitrogen functional groups attached to an aromatic ring is 1. The Morgan fingerprint density at radius 2 is 1.92 bits per heavy atom. The molecule has 1 aromatic carbocycles. The van der Waals surface area contributed by atoms with Crippen LogP contribution in [-0.4, -0.2) is 36.0 Å². The van der Waals surface area contributed by atoms with Crippen LogP contribution in [0.2, 0.25) is 0 Å². The molecule has 190 valence electrons. The summed E-state index contributed by atoms with van der Waals surface area (Å²) in [6, 6.07) is 7.78. The number of hydrogen-bond donors (Lipinski definition) is 2. The minimum atomic E-state index is -0.563. The number of nitrogens with one attached hydrogen (secondary N) is 1. The fourth-order valence-corrected chi connectivity index (χ4v) is 6.43. The maximum atomic E-state index is 12.6. The van der Waals surface area contributed by atoms with Gasteiger partial charge in [-0.2, -0.15) is 0 Å². The average Bonchev–Trinajstić information content (AvgIpc) is 3.37. The Kier molecular flexibility index (Phi) is 8.05. The quantitative estimate of drug-likeness (QED) is 0.404. The molecule has 3 N–H and O–H groups in total. The number of esters is 2. The van der Waals surface area contributed by atoms with Crippen molar-refractivity contribution in [1.29, 1.82) is 0 Å². The Morgan fingerprint density at radius 3 is 2.64 bits per heavy atom. The molecule has 1 amide bonds. The topological polar surface area (TPSA) is 121 Å². The molecule has 10 heteroatoms. The van der Waals surface area contributed by atoms with Crippen molar-refractivity contribution >= 4 is 50.7 Å². The number of fused-ring (bicyclic) bond motifs is 1. The summed E-state index contributed by atoms with van der Waals surface area (Å²) in [5.74, 6) is -1.00. The van der Waals surface area contributed by atoms with Crippen molar-refractivity contribution in [3.05, 3.63) is 50.7 Å². The van der Waals surface area contributed by atoms with Gasteiger partial charge in [0.05, 0.1) is 24.3 Å². The first-order valence-corrected chi connectivity index (χ1v) is 13.5. The van der Waals surface area contributed by atoms with E-state index in [1.165, 1.54) is 22.7 Å². The lowest BCUT2D eigenvalue weighted by Gasteiger charge is -2.18. The summed E-state index contributed by atoms with van der Waals surface area (Å²) in [5.41, 5.74) is 9.88. The van der Waals surface area contributed by atoms with Crippen molar-refractivity contribution in [2.24, 2.45) is 5.92 Å². The van der Waals surface area contributed by atoms with Gasteiger partial charge in [-0.1, -0.05) is 36.8 Å². The fraction of sp³-hybridized carbons (Fsp3) is 0.385. The van der Waals surface area contributed by atoms with Crippen molar-refractivity contribution in [1.82, 2.24) is 4.98 Å². The van der Waals surface area contributed by atoms with Crippen molar-refractivity contribution in [2.75, 3.05) is 24.3 Å². The molecule has 0 aliphatic heterocycles. The van der Waals surface area contributed by atoms with Gasteiger partial charge in [0.1, 0.15) is 5.00 Å². The van der Waals surface area contributed by atoms with Gasteiger partial charge in [0.2, 0.25) is 0 Å². The molecule has 0 fully saturated rings. The van der Waals surface area contributed by atoms with E-state index in [9.17, 15) is 14.4 Å². The number of aromatic nitrogens is 1. The summed E-state index contributed by atoms with van der Waals surface area (Å²) in [5, 5.41) is 3.56. The number of benzene rings is 1. The maximum Gasteiger partial charge on any atom is 0.341 e. The minimum absolute atomic E-state index is 0.0510. The number of nitrogens with zero attached hydrogens (tertiary/aromatic N) is 1. The summed E-state index contributed by atoms with van der Waals surface area (Å²) < 4.78 is 10.5. The van der Waals surface area contributed by atoms with Crippen LogP contribution in [0.3, 0.4) is 0 Å². The van der Waals surface area contributed by atoms with E-state index in [2.05, 4.69) is 17.2 Å². The van der Waals surface area contributed by atoms with Crippen molar-refractivity contribution in [3.8, 4) is 11.3 Å². The Labute approximate surface area is 217 Å². The van der Waals surface area contributed by atoms with Gasteiger partial charge >= 0.3 is 11.9 Å². The fourth-order valence-electron chi connectivity index (χ4n) is 4.18. The third kappa shape index (κ3) is 5.93. The van der Waals surface area contributed by atoms with Crippen LogP contribution in [0.25, 0.3) is 11.3 Å². The molecule has 36 heavy (non-hydrogen) atoms. The first kappa shape index (κ1) is 25.8. The van der Waals surface area contributed by atoms with Crippen LogP contribution in [0.5, 0.6) is 0 Å². The molecule has 0 bridgehead atoms. The molecular weight excluding hydrogens is 498 g/mol. The van der Waals surface area contributed by atoms with Gasteiger partial charge in [-0.15, -0.1) is 22.7 Å². The number of carbonyl (C=O) groups excluding carboxylic acids is 3. The van der Waals surface area contributed by atoms with Gasteiger partial charge in [0, 0.05) is 15.3 Å². The number of nitrogens with two attached hydrogens (primary N) is 1. The number of thiophene rings is 1. The highest BCUT2D eigenvalue weighted by molar-refractivity contribution is 7.17. The second-order valence-corrected chi connectivity index (χ2v) is 11.1. The predicted molar refractivity (Wildman–Crippen MR) is 141 cm³/mol. The molecular formula is C26H29N3O5S2. The average molecular weight is 528 g/mol. The lowest BCUT2D eigenvalue weighted by Crippen LogP contribution is -2.22. The molecule has 1 aliphatic rings. The monoisotopic (exact) mass is 527 g/mol. The first-order chi connectivity index (χ1) is 17.2. The van der Waals surface area contributed by atoms with Crippen LogP contribution in [0.15, 0.2) is 24.3 Å². The number of rotatable bonds is 8. The Morgan fingerprint density at radius 1 is 1.17 bits per heavy atom. The van der Waals surface area contributed by atoms with E-state index in [1.807, 2.05) is 31.2 Å². The van der Waals surface area contributed by atoms with E-state index in [0.29, 0.717) is 32.2 Å². The molecule has 3 aromatic rings. The molecule has 2 aromatic heterocycles. The van der Waals surface area contributed by atoms with Gasteiger partial charge < -0.3 is 20.5 Å². The number of ether oxygens (including phenoxy) is 2. The third-order valence-corrected chi connectivity index (χ3v) is 8.01. The molecule has 1 unspecified atom stereocenters. The van der Waals surface area contributed by atoms with E-state index in [0.717, 1.165) is 40.8 Å². The Bertz CT molecular complexity index is 1280. The number of carbonyl (C=O) groups is 3. The third-order valence-electron chi connectivity index (χ3n) is 5.95. The van der Waals surface area contributed by atoms with Gasteiger partial charge in [-0.25, -0.2) is 9.78 Å². The van der Waals surface area contributed by atoms with Crippen LogP contribution >= 0.6 is 22.7 Å². The lowest BCUT2D eigenvalue weighted by molar-refractivity contribution is -0.146. The normalized spacial score (nSPS) is 14.7. The minimum Gasteiger partial charge on any atom is -0.462 e. The Hall–Kier alpha value is -3.24. The lowest BCUT2D eigenvalue weighted by atomic mass is 9.88. The van der Waals surface area contributed by atoms with Gasteiger partial charge in [-0.05, 0) is 44.6 Å². The van der Waals surface area contributed by atoms with Crippen LogP contribution in [0, 0.1) is 12.8 Å². The van der Waals surface area contributed by atoms with E-state index in [-0.39, 0.29) is 13.0 Å². The second kappa shape index (κ2) is 11.2. The molecule has 0 saturated heterocycles. The predicted octanol–water partition coefficient (Wildman–Crippen LogP) is 4.79. The summed E-state index contributed by atoms with van der Waals surface area (Å²) >= 11 is 2.61. The zero-order chi connectivity index (χ0) is 25.8. The summed E-state index contributed by atoms with van der Waals surface area (Å²) in [4.78, 5) is 43.9. The van der Waals surface area contributed by atoms with Crippen molar-refractivity contribution < 1.29 is 23.9 Å². The smallest absolute Gasteiger partial charge is 0.341 e. The standard InChI is InChI=1S/C26H29N3O5S2/c1-4-33-25(32)22-17-10-7-15(3)11-18(17)35-24(22)28-20(30)13-34-21(31)12-19-23(29-26(27)36-19)16-8-5-14(2)6-9-16/h5-6,8-9,15H,4,7,10-13H2,1-3H3,(H2,27,29)(H,28,30).